The second kappa shape index (κ2) is 6.01. The van der Waals surface area contributed by atoms with Gasteiger partial charge in [-0.05, 0) is 12.1 Å². The van der Waals surface area contributed by atoms with Gasteiger partial charge in [0, 0.05) is 18.0 Å². The number of ether oxygens (including phenoxy) is 2. The Morgan fingerprint density at radius 1 is 1.35 bits per heavy atom. The van der Waals surface area contributed by atoms with E-state index < -0.39 is 5.97 Å². The van der Waals surface area contributed by atoms with Gasteiger partial charge in [0.05, 0.1) is 32.5 Å². The molecule has 0 amide bonds. The maximum absolute atomic E-state index is 11.6. The minimum absolute atomic E-state index is 0.202. The molecule has 0 bridgehead atoms. The molecule has 2 rings (SSSR count). The lowest BCUT2D eigenvalue weighted by Gasteiger charge is -2.11. The van der Waals surface area contributed by atoms with Gasteiger partial charge in [0.1, 0.15) is 5.75 Å². The molecule has 0 aliphatic heterocycles. The quantitative estimate of drug-likeness (QED) is 0.780. The van der Waals surface area contributed by atoms with Crippen molar-refractivity contribution < 1.29 is 14.3 Å². The lowest BCUT2D eigenvalue weighted by atomic mass is 10.1. The normalized spacial score (nSPS) is 10.1. The number of benzene rings is 1. The van der Waals surface area contributed by atoms with Crippen LogP contribution in [-0.2, 0) is 11.3 Å². The van der Waals surface area contributed by atoms with Crippen LogP contribution in [0, 0.1) is 0 Å². The van der Waals surface area contributed by atoms with E-state index in [4.69, 9.17) is 4.74 Å². The van der Waals surface area contributed by atoms with E-state index in [1.807, 2.05) is 0 Å². The number of esters is 1. The van der Waals surface area contributed by atoms with Crippen LogP contribution < -0.4 is 10.3 Å². The standard InChI is InChI=1S/C14H14N2O4/c1-19-12-7-10(14(18)20-2)3-4-11(12)9-16-6-5-15-8-13(16)17/h3-8H,9H2,1-2H3. The van der Waals surface area contributed by atoms with Crippen molar-refractivity contribution in [2.45, 2.75) is 6.54 Å². The first-order chi connectivity index (χ1) is 9.65. The molecule has 0 aliphatic carbocycles. The maximum Gasteiger partial charge on any atom is 0.337 e. The van der Waals surface area contributed by atoms with E-state index in [0.29, 0.717) is 17.9 Å². The molecule has 1 aromatic carbocycles. The zero-order valence-corrected chi connectivity index (χ0v) is 11.2. The van der Waals surface area contributed by atoms with Crippen molar-refractivity contribution in [3.8, 4) is 5.75 Å². The third-order valence-corrected chi connectivity index (χ3v) is 2.85. The summed E-state index contributed by atoms with van der Waals surface area (Å²) < 4.78 is 11.4. The van der Waals surface area contributed by atoms with Gasteiger partial charge in [-0.1, -0.05) is 6.07 Å². The Kier molecular flexibility index (Phi) is 4.14. The highest BCUT2D eigenvalue weighted by Crippen LogP contribution is 2.21. The first-order valence-corrected chi connectivity index (χ1v) is 5.91. The van der Waals surface area contributed by atoms with Crippen LogP contribution in [0.1, 0.15) is 15.9 Å². The van der Waals surface area contributed by atoms with Crippen molar-refractivity contribution in [3.05, 3.63) is 58.3 Å². The first kappa shape index (κ1) is 13.8. The molecule has 0 saturated carbocycles. The third-order valence-electron chi connectivity index (χ3n) is 2.85. The monoisotopic (exact) mass is 274 g/mol. The van der Waals surface area contributed by atoms with E-state index in [1.54, 1.807) is 24.4 Å². The Bertz CT molecular complexity index is 679. The molecule has 0 spiro atoms. The predicted molar refractivity (Wildman–Crippen MR) is 71.9 cm³/mol. The average Bonchev–Trinajstić information content (AvgIpc) is 2.49. The summed E-state index contributed by atoms with van der Waals surface area (Å²) in [6.07, 6.45) is 4.38. The highest BCUT2D eigenvalue weighted by atomic mass is 16.5. The number of rotatable bonds is 4. The van der Waals surface area contributed by atoms with Crippen LogP contribution in [-0.4, -0.2) is 29.7 Å². The Hall–Kier alpha value is -2.63. The van der Waals surface area contributed by atoms with Crippen molar-refractivity contribution in [1.29, 1.82) is 0 Å². The average molecular weight is 274 g/mol. The number of methoxy groups -OCH3 is 2. The zero-order chi connectivity index (χ0) is 14.5. The lowest BCUT2D eigenvalue weighted by molar-refractivity contribution is 0.0600. The molecule has 104 valence electrons. The second-order valence-electron chi connectivity index (χ2n) is 4.06. The summed E-state index contributed by atoms with van der Waals surface area (Å²) in [6, 6.07) is 4.96. The van der Waals surface area contributed by atoms with Gasteiger partial charge >= 0.3 is 5.97 Å². The Morgan fingerprint density at radius 3 is 2.80 bits per heavy atom. The molecule has 1 aromatic heterocycles. The number of hydrogen-bond acceptors (Lipinski definition) is 5. The molecular weight excluding hydrogens is 260 g/mol. The first-order valence-electron chi connectivity index (χ1n) is 5.91. The number of carbonyl (C=O) groups excluding carboxylic acids is 1. The molecule has 0 aliphatic rings. The smallest absolute Gasteiger partial charge is 0.337 e. The van der Waals surface area contributed by atoms with Crippen LogP contribution in [0.5, 0.6) is 5.75 Å². The largest absolute Gasteiger partial charge is 0.496 e. The molecule has 0 fully saturated rings. The number of carbonyl (C=O) groups is 1. The highest BCUT2D eigenvalue weighted by molar-refractivity contribution is 5.89. The molecular formula is C14H14N2O4. The lowest BCUT2D eigenvalue weighted by Crippen LogP contribution is -2.19. The summed E-state index contributed by atoms with van der Waals surface area (Å²) in [7, 11) is 2.83. The van der Waals surface area contributed by atoms with Gasteiger partial charge < -0.3 is 14.0 Å². The topological polar surface area (TPSA) is 70.4 Å². The van der Waals surface area contributed by atoms with Crippen LogP contribution in [0.3, 0.4) is 0 Å². The molecule has 6 heteroatoms. The Labute approximate surface area is 115 Å². The second-order valence-corrected chi connectivity index (χ2v) is 4.06. The van der Waals surface area contributed by atoms with Gasteiger partial charge in [0.25, 0.3) is 5.56 Å². The molecule has 0 saturated heterocycles. The van der Waals surface area contributed by atoms with E-state index in [1.165, 1.54) is 31.2 Å². The van der Waals surface area contributed by atoms with Crippen molar-refractivity contribution in [1.82, 2.24) is 9.55 Å². The highest BCUT2D eigenvalue weighted by Gasteiger charge is 2.11. The summed E-state index contributed by atoms with van der Waals surface area (Å²) in [5.41, 5.74) is 0.982. The molecule has 0 unspecified atom stereocenters. The Morgan fingerprint density at radius 2 is 2.15 bits per heavy atom. The number of aromatic nitrogens is 2. The van der Waals surface area contributed by atoms with E-state index in [9.17, 15) is 9.59 Å². The van der Waals surface area contributed by atoms with E-state index in [-0.39, 0.29) is 5.56 Å². The summed E-state index contributed by atoms with van der Waals surface area (Å²) in [6.45, 7) is 0.339. The van der Waals surface area contributed by atoms with Crippen LogP contribution in [0.15, 0.2) is 41.6 Å². The number of hydrogen-bond donors (Lipinski definition) is 0. The van der Waals surface area contributed by atoms with Crippen molar-refractivity contribution in [3.63, 3.8) is 0 Å². The summed E-state index contributed by atoms with van der Waals surface area (Å²) in [5.74, 6) is 0.0903. The third kappa shape index (κ3) is 2.85. The van der Waals surface area contributed by atoms with Crippen LogP contribution in [0.2, 0.25) is 0 Å². The minimum atomic E-state index is -0.434. The van der Waals surface area contributed by atoms with Gasteiger partial charge in [-0.25, -0.2) is 4.79 Å². The molecule has 0 N–H and O–H groups in total. The van der Waals surface area contributed by atoms with Crippen LogP contribution in [0.25, 0.3) is 0 Å². The van der Waals surface area contributed by atoms with Gasteiger partial charge in [-0.3, -0.25) is 9.78 Å². The fourth-order valence-electron chi connectivity index (χ4n) is 1.81. The molecule has 0 radical (unpaired) electrons. The molecule has 0 atom stereocenters. The summed E-state index contributed by atoms with van der Waals surface area (Å²) >= 11 is 0. The van der Waals surface area contributed by atoms with Crippen molar-refractivity contribution in [2.75, 3.05) is 14.2 Å². The van der Waals surface area contributed by atoms with Crippen molar-refractivity contribution in [2.24, 2.45) is 0 Å². The summed E-state index contributed by atoms with van der Waals surface area (Å²) in [5, 5.41) is 0. The zero-order valence-electron chi connectivity index (χ0n) is 11.2. The van der Waals surface area contributed by atoms with Gasteiger partial charge in [-0.15, -0.1) is 0 Å². The van der Waals surface area contributed by atoms with Gasteiger partial charge in [0.2, 0.25) is 0 Å². The van der Waals surface area contributed by atoms with E-state index >= 15 is 0 Å². The molecule has 2 aromatic rings. The minimum Gasteiger partial charge on any atom is -0.496 e. The molecule has 6 nitrogen and oxygen atoms in total. The number of nitrogens with zero attached hydrogens (tertiary/aromatic N) is 2. The fourth-order valence-corrected chi connectivity index (χ4v) is 1.81. The van der Waals surface area contributed by atoms with E-state index in [0.717, 1.165) is 5.56 Å². The maximum atomic E-state index is 11.6. The van der Waals surface area contributed by atoms with Crippen LogP contribution >= 0.6 is 0 Å². The van der Waals surface area contributed by atoms with Crippen molar-refractivity contribution >= 4 is 5.97 Å². The molecule has 1 heterocycles. The van der Waals surface area contributed by atoms with Gasteiger partial charge in [-0.2, -0.15) is 0 Å². The Balaban J connectivity index is 2.35. The molecule has 20 heavy (non-hydrogen) atoms. The fraction of sp³-hybridized carbons (Fsp3) is 0.214. The van der Waals surface area contributed by atoms with Gasteiger partial charge in [0.15, 0.2) is 0 Å². The van der Waals surface area contributed by atoms with Crippen LogP contribution in [0.4, 0.5) is 0 Å². The SMILES string of the molecule is COC(=O)c1ccc(Cn2ccncc2=O)c(OC)c1. The summed E-state index contributed by atoms with van der Waals surface area (Å²) in [4.78, 5) is 26.8. The predicted octanol–water partition coefficient (Wildman–Crippen LogP) is 1.09. The van der Waals surface area contributed by atoms with E-state index in [2.05, 4.69) is 9.72 Å².